The van der Waals surface area contributed by atoms with Crippen molar-refractivity contribution in [1.82, 2.24) is 0 Å². The molecule has 1 heterocycles. The fourth-order valence-electron chi connectivity index (χ4n) is 1.56. The summed E-state index contributed by atoms with van der Waals surface area (Å²) in [5.41, 5.74) is 0. The summed E-state index contributed by atoms with van der Waals surface area (Å²) in [6, 6.07) is 0. The van der Waals surface area contributed by atoms with Crippen molar-refractivity contribution in [3.05, 3.63) is 12.2 Å². The highest BCUT2D eigenvalue weighted by atomic mass is 16.6. The molecule has 0 saturated heterocycles. The van der Waals surface area contributed by atoms with Gasteiger partial charge in [0.2, 0.25) is 0 Å². The zero-order chi connectivity index (χ0) is 12.8. The quantitative estimate of drug-likeness (QED) is 0.387. The molecule has 0 spiro atoms. The van der Waals surface area contributed by atoms with E-state index < -0.39 is 30.4 Å². The Morgan fingerprint density at radius 2 is 2.18 bits per heavy atom. The molecule has 0 amide bonds. The van der Waals surface area contributed by atoms with E-state index in [1.165, 1.54) is 12.2 Å². The molecule has 0 aliphatic carbocycles. The number of cyclic esters (lactones) is 1. The Labute approximate surface area is 98.8 Å². The maximum Gasteiger partial charge on any atom is 0.308 e. The van der Waals surface area contributed by atoms with E-state index in [0.29, 0.717) is 6.42 Å². The lowest BCUT2D eigenvalue weighted by Gasteiger charge is -2.22. The van der Waals surface area contributed by atoms with E-state index in [9.17, 15) is 19.8 Å². The van der Waals surface area contributed by atoms with Gasteiger partial charge in [-0.15, -0.1) is 0 Å². The first kappa shape index (κ1) is 13.7. The number of esters is 1. The summed E-state index contributed by atoms with van der Waals surface area (Å²) >= 11 is 0. The smallest absolute Gasteiger partial charge is 0.308 e. The van der Waals surface area contributed by atoms with Crippen molar-refractivity contribution in [1.29, 1.82) is 0 Å². The van der Waals surface area contributed by atoms with Gasteiger partial charge in [-0.3, -0.25) is 9.59 Å². The summed E-state index contributed by atoms with van der Waals surface area (Å²) in [5.74, 6) is -0.593. The van der Waals surface area contributed by atoms with Crippen LogP contribution in [0.1, 0.15) is 19.8 Å². The molecule has 0 fully saturated rings. The van der Waals surface area contributed by atoms with Crippen molar-refractivity contribution in [3.8, 4) is 0 Å². The predicted octanol–water partition coefficient (Wildman–Crippen LogP) is -0.469. The van der Waals surface area contributed by atoms with Gasteiger partial charge in [-0.25, -0.2) is 0 Å². The largest absolute Gasteiger partial charge is 0.462 e. The summed E-state index contributed by atoms with van der Waals surface area (Å²) in [4.78, 5) is 21.6. The van der Waals surface area contributed by atoms with E-state index in [0.717, 1.165) is 0 Å². The molecular weight excluding hydrogens is 228 g/mol. The Bertz CT molecular complexity index is 300. The van der Waals surface area contributed by atoms with E-state index in [4.69, 9.17) is 9.47 Å². The predicted molar refractivity (Wildman–Crippen MR) is 56.9 cm³/mol. The first-order valence-electron chi connectivity index (χ1n) is 5.36. The molecule has 6 heteroatoms. The van der Waals surface area contributed by atoms with E-state index >= 15 is 0 Å². The van der Waals surface area contributed by atoms with Crippen LogP contribution in [0.4, 0.5) is 0 Å². The molecule has 6 nitrogen and oxygen atoms in total. The van der Waals surface area contributed by atoms with Crippen LogP contribution in [0.25, 0.3) is 0 Å². The molecule has 0 radical (unpaired) electrons. The molecule has 1 aliphatic rings. The third-order valence-corrected chi connectivity index (χ3v) is 2.42. The minimum atomic E-state index is -1.22. The highest BCUT2D eigenvalue weighted by Gasteiger charge is 2.23. The van der Waals surface area contributed by atoms with Crippen molar-refractivity contribution in [2.75, 3.05) is 0 Å². The number of rotatable bonds is 2. The van der Waals surface area contributed by atoms with Crippen LogP contribution in [0, 0.1) is 0 Å². The molecule has 17 heavy (non-hydrogen) atoms. The Morgan fingerprint density at radius 1 is 1.47 bits per heavy atom. The monoisotopic (exact) mass is 244 g/mol. The molecule has 0 aromatic heterocycles. The highest BCUT2D eigenvalue weighted by Crippen LogP contribution is 2.13. The minimum Gasteiger partial charge on any atom is -0.462 e. The average Bonchev–Trinajstić information content (AvgIpc) is 2.24. The second-order valence-electron chi connectivity index (χ2n) is 3.95. The van der Waals surface area contributed by atoms with Gasteiger partial charge in [0, 0.05) is 6.42 Å². The average molecular weight is 244 g/mol. The zero-order valence-corrected chi connectivity index (χ0v) is 9.48. The SMILES string of the molecule is CC1CC(OC=O)C=CC(O)C(O)CC(=O)O1. The molecule has 1 aliphatic heterocycles. The Hall–Kier alpha value is -1.40. The van der Waals surface area contributed by atoms with E-state index in [2.05, 4.69) is 0 Å². The summed E-state index contributed by atoms with van der Waals surface area (Å²) < 4.78 is 9.73. The summed E-state index contributed by atoms with van der Waals surface area (Å²) in [5, 5.41) is 18.9. The normalized spacial score (nSPS) is 34.9. The second kappa shape index (κ2) is 6.36. The molecule has 4 unspecified atom stereocenters. The number of aliphatic hydroxyl groups excluding tert-OH is 2. The maximum absolute atomic E-state index is 11.3. The van der Waals surface area contributed by atoms with Crippen molar-refractivity contribution in [2.24, 2.45) is 0 Å². The van der Waals surface area contributed by atoms with Gasteiger partial charge in [0.15, 0.2) is 0 Å². The van der Waals surface area contributed by atoms with Gasteiger partial charge >= 0.3 is 5.97 Å². The van der Waals surface area contributed by atoms with Crippen molar-refractivity contribution < 1.29 is 29.3 Å². The Kier molecular flexibility index (Phi) is 5.11. The second-order valence-corrected chi connectivity index (χ2v) is 3.95. The lowest BCUT2D eigenvalue weighted by molar-refractivity contribution is -0.153. The first-order valence-corrected chi connectivity index (χ1v) is 5.36. The fraction of sp³-hybridized carbons (Fsp3) is 0.636. The van der Waals surface area contributed by atoms with Crippen LogP contribution < -0.4 is 0 Å². The number of aliphatic hydroxyl groups is 2. The molecule has 1 rings (SSSR count). The van der Waals surface area contributed by atoms with E-state index in [1.807, 2.05) is 0 Å². The molecule has 0 bridgehead atoms. The molecule has 0 aromatic carbocycles. The molecule has 96 valence electrons. The number of carbonyl (C=O) groups is 2. The van der Waals surface area contributed by atoms with E-state index in [1.54, 1.807) is 6.92 Å². The van der Waals surface area contributed by atoms with Crippen LogP contribution in [-0.2, 0) is 19.1 Å². The maximum atomic E-state index is 11.3. The van der Waals surface area contributed by atoms with Crippen LogP contribution in [0.15, 0.2) is 12.2 Å². The van der Waals surface area contributed by atoms with Crippen LogP contribution in [0.2, 0.25) is 0 Å². The zero-order valence-electron chi connectivity index (χ0n) is 9.48. The van der Waals surface area contributed by atoms with Crippen LogP contribution in [-0.4, -0.2) is 47.1 Å². The van der Waals surface area contributed by atoms with E-state index in [-0.39, 0.29) is 12.9 Å². The molecule has 0 saturated carbocycles. The van der Waals surface area contributed by atoms with Gasteiger partial charge in [-0.05, 0) is 13.0 Å². The third kappa shape index (κ3) is 4.54. The van der Waals surface area contributed by atoms with Gasteiger partial charge in [-0.1, -0.05) is 6.08 Å². The first-order chi connectivity index (χ1) is 8.02. The molecular formula is C11H16O6. The number of hydrogen-bond acceptors (Lipinski definition) is 6. The molecule has 2 N–H and O–H groups in total. The third-order valence-electron chi connectivity index (χ3n) is 2.42. The lowest BCUT2D eigenvalue weighted by Crippen LogP contribution is -2.31. The van der Waals surface area contributed by atoms with Crippen LogP contribution in [0.3, 0.4) is 0 Å². The van der Waals surface area contributed by atoms with Crippen LogP contribution >= 0.6 is 0 Å². The van der Waals surface area contributed by atoms with Crippen molar-refractivity contribution in [3.63, 3.8) is 0 Å². The topological polar surface area (TPSA) is 93.1 Å². The van der Waals surface area contributed by atoms with Gasteiger partial charge in [-0.2, -0.15) is 0 Å². The summed E-state index contributed by atoms with van der Waals surface area (Å²) in [6.07, 6.45) is -0.606. The summed E-state index contributed by atoms with van der Waals surface area (Å²) in [7, 11) is 0. The molecule has 4 atom stereocenters. The fourth-order valence-corrected chi connectivity index (χ4v) is 1.56. The molecule has 0 aromatic rings. The van der Waals surface area contributed by atoms with Crippen LogP contribution in [0.5, 0.6) is 0 Å². The lowest BCUT2D eigenvalue weighted by atomic mass is 10.1. The highest BCUT2D eigenvalue weighted by molar-refractivity contribution is 5.70. The minimum absolute atomic E-state index is 0.269. The van der Waals surface area contributed by atoms with Gasteiger partial charge in [0.05, 0.1) is 18.6 Å². The van der Waals surface area contributed by atoms with Gasteiger partial charge in [0.25, 0.3) is 6.47 Å². The number of hydrogen-bond donors (Lipinski definition) is 2. The van der Waals surface area contributed by atoms with Gasteiger partial charge in [0.1, 0.15) is 12.2 Å². The summed E-state index contributed by atoms with van der Waals surface area (Å²) in [6.45, 7) is 1.95. The number of ether oxygens (including phenoxy) is 2. The van der Waals surface area contributed by atoms with Gasteiger partial charge < -0.3 is 19.7 Å². The number of carbonyl (C=O) groups excluding carboxylic acids is 2. The Balaban J connectivity index is 2.78. The van der Waals surface area contributed by atoms with Crippen molar-refractivity contribution >= 4 is 12.4 Å². The Morgan fingerprint density at radius 3 is 2.82 bits per heavy atom. The standard InChI is InChI=1S/C11H16O6/c1-7-4-8(16-6-12)2-3-9(13)10(14)5-11(15)17-7/h2-3,6-10,13-14H,4-5H2,1H3. The van der Waals surface area contributed by atoms with Crippen molar-refractivity contribution in [2.45, 2.75) is 44.2 Å².